The minimum atomic E-state index is -0.806. The lowest BCUT2D eigenvalue weighted by atomic mass is 9.91. The van der Waals surface area contributed by atoms with Gasteiger partial charge in [0.1, 0.15) is 5.75 Å². The summed E-state index contributed by atoms with van der Waals surface area (Å²) in [6.07, 6.45) is 0. The first-order valence-corrected chi connectivity index (χ1v) is 6.89. The van der Waals surface area contributed by atoms with E-state index in [2.05, 4.69) is 0 Å². The van der Waals surface area contributed by atoms with Crippen molar-refractivity contribution in [3.63, 3.8) is 0 Å². The van der Waals surface area contributed by atoms with Gasteiger partial charge in [0.2, 0.25) is 0 Å². The van der Waals surface area contributed by atoms with E-state index in [0.29, 0.717) is 6.54 Å². The van der Waals surface area contributed by atoms with Gasteiger partial charge in [0.25, 0.3) is 0 Å². The lowest BCUT2D eigenvalue weighted by Crippen LogP contribution is -2.49. The van der Waals surface area contributed by atoms with Crippen LogP contribution in [0.1, 0.15) is 5.56 Å². The van der Waals surface area contributed by atoms with E-state index in [1.807, 2.05) is 66.5 Å². The zero-order valence-corrected chi connectivity index (χ0v) is 12.5. The van der Waals surface area contributed by atoms with Gasteiger partial charge in [-0.15, -0.1) is 0 Å². The van der Waals surface area contributed by atoms with Gasteiger partial charge in [-0.25, -0.2) is 0 Å². The van der Waals surface area contributed by atoms with Crippen molar-refractivity contribution >= 4 is 5.69 Å². The summed E-state index contributed by atoms with van der Waals surface area (Å²) < 4.78 is 5.24. The molecule has 0 bridgehead atoms. The van der Waals surface area contributed by atoms with E-state index in [1.54, 1.807) is 7.11 Å². The average molecular weight is 286 g/mol. The number of anilines is 1. The zero-order chi connectivity index (χ0) is 15.3. The topological polar surface area (TPSA) is 58.7 Å². The summed E-state index contributed by atoms with van der Waals surface area (Å²) in [7, 11) is 3.60. The Morgan fingerprint density at radius 1 is 1.14 bits per heavy atom. The summed E-state index contributed by atoms with van der Waals surface area (Å²) in [5.41, 5.74) is 7.51. The molecule has 0 aliphatic carbocycles. The summed E-state index contributed by atoms with van der Waals surface area (Å²) in [5.74, 6) is 0.797. The van der Waals surface area contributed by atoms with Crippen molar-refractivity contribution in [3.05, 3.63) is 60.2 Å². The molecule has 0 saturated heterocycles. The molecule has 2 aromatic carbocycles. The molecule has 4 heteroatoms. The van der Waals surface area contributed by atoms with Crippen LogP contribution >= 0.6 is 0 Å². The third-order valence-corrected chi connectivity index (χ3v) is 3.64. The smallest absolute Gasteiger partial charge is 0.120 e. The monoisotopic (exact) mass is 286 g/mol. The number of nitrogens with zero attached hydrogens (tertiary/aromatic N) is 1. The Balaban J connectivity index is 2.21. The van der Waals surface area contributed by atoms with Crippen molar-refractivity contribution in [2.24, 2.45) is 5.73 Å². The molecular formula is C17H22N2O2. The van der Waals surface area contributed by atoms with Crippen molar-refractivity contribution in [3.8, 4) is 5.75 Å². The second-order valence-corrected chi connectivity index (χ2v) is 5.24. The Bertz CT molecular complexity index is 574. The Morgan fingerprint density at radius 3 is 2.48 bits per heavy atom. The summed E-state index contributed by atoms with van der Waals surface area (Å²) in [6.45, 7) is 0.381. The fraction of sp³-hybridized carbons (Fsp3) is 0.294. The lowest BCUT2D eigenvalue weighted by molar-refractivity contribution is 0.200. The fourth-order valence-electron chi connectivity index (χ4n) is 2.37. The minimum Gasteiger partial charge on any atom is -0.497 e. The Labute approximate surface area is 125 Å². The van der Waals surface area contributed by atoms with Crippen LogP contribution in [-0.2, 0) is 5.54 Å². The van der Waals surface area contributed by atoms with E-state index in [0.717, 1.165) is 17.0 Å². The molecule has 0 aromatic heterocycles. The maximum absolute atomic E-state index is 9.76. The van der Waals surface area contributed by atoms with Crippen molar-refractivity contribution in [1.82, 2.24) is 0 Å². The van der Waals surface area contributed by atoms with E-state index >= 15 is 0 Å². The number of rotatable bonds is 6. The van der Waals surface area contributed by atoms with E-state index < -0.39 is 5.54 Å². The van der Waals surface area contributed by atoms with Crippen LogP contribution < -0.4 is 15.4 Å². The SMILES string of the molecule is COc1cccc(N(C)CC(N)(CO)c2ccccc2)c1. The predicted molar refractivity (Wildman–Crippen MR) is 85.7 cm³/mol. The normalized spacial score (nSPS) is 13.5. The van der Waals surface area contributed by atoms with Crippen molar-refractivity contribution in [2.45, 2.75) is 5.54 Å². The number of benzene rings is 2. The summed E-state index contributed by atoms with van der Waals surface area (Å²) in [4.78, 5) is 2.02. The highest BCUT2D eigenvalue weighted by Crippen LogP contribution is 2.24. The number of hydrogen-bond donors (Lipinski definition) is 2. The molecule has 0 aliphatic heterocycles. The van der Waals surface area contributed by atoms with Crippen molar-refractivity contribution in [1.29, 1.82) is 0 Å². The van der Waals surface area contributed by atoms with Crippen LogP contribution in [0.15, 0.2) is 54.6 Å². The van der Waals surface area contributed by atoms with Crippen molar-refractivity contribution < 1.29 is 9.84 Å². The van der Waals surface area contributed by atoms with Crippen LogP contribution in [0.25, 0.3) is 0 Å². The molecule has 21 heavy (non-hydrogen) atoms. The van der Waals surface area contributed by atoms with Crippen LogP contribution in [0.4, 0.5) is 5.69 Å². The highest BCUT2D eigenvalue weighted by molar-refractivity contribution is 5.51. The summed E-state index contributed by atoms with van der Waals surface area (Å²) in [5, 5.41) is 9.76. The number of nitrogens with two attached hydrogens (primary N) is 1. The number of hydrogen-bond acceptors (Lipinski definition) is 4. The van der Waals surface area contributed by atoms with E-state index in [1.165, 1.54) is 0 Å². The van der Waals surface area contributed by atoms with Gasteiger partial charge >= 0.3 is 0 Å². The number of ether oxygens (including phenoxy) is 1. The second kappa shape index (κ2) is 6.61. The zero-order valence-electron chi connectivity index (χ0n) is 12.5. The van der Waals surface area contributed by atoms with E-state index in [4.69, 9.17) is 10.5 Å². The van der Waals surface area contributed by atoms with E-state index in [9.17, 15) is 5.11 Å². The highest BCUT2D eigenvalue weighted by atomic mass is 16.5. The molecule has 0 amide bonds. The Hall–Kier alpha value is -2.04. The third kappa shape index (κ3) is 3.54. The number of aliphatic hydroxyl groups excluding tert-OH is 1. The highest BCUT2D eigenvalue weighted by Gasteiger charge is 2.28. The molecule has 4 nitrogen and oxygen atoms in total. The quantitative estimate of drug-likeness (QED) is 0.852. The van der Waals surface area contributed by atoms with Gasteiger partial charge in [0.05, 0.1) is 19.3 Å². The molecule has 0 aliphatic rings. The first-order valence-electron chi connectivity index (χ1n) is 6.89. The Morgan fingerprint density at radius 2 is 1.86 bits per heavy atom. The molecule has 0 spiro atoms. The van der Waals surface area contributed by atoms with Crippen LogP contribution in [0, 0.1) is 0 Å². The minimum absolute atomic E-state index is 0.120. The number of methoxy groups -OCH3 is 1. The van der Waals surface area contributed by atoms with Gasteiger partial charge in [0.15, 0.2) is 0 Å². The molecule has 3 N–H and O–H groups in total. The fourth-order valence-corrected chi connectivity index (χ4v) is 2.37. The molecule has 0 fully saturated rings. The van der Waals surface area contributed by atoms with Gasteiger partial charge in [0, 0.05) is 25.3 Å². The first-order chi connectivity index (χ1) is 10.1. The summed E-state index contributed by atoms with van der Waals surface area (Å²) >= 11 is 0. The molecule has 2 rings (SSSR count). The molecule has 1 unspecified atom stereocenters. The molecule has 112 valence electrons. The second-order valence-electron chi connectivity index (χ2n) is 5.24. The van der Waals surface area contributed by atoms with Gasteiger partial charge in [-0.3, -0.25) is 0 Å². The average Bonchev–Trinajstić information content (AvgIpc) is 2.55. The molecule has 0 radical (unpaired) electrons. The lowest BCUT2D eigenvalue weighted by Gasteiger charge is -2.33. The number of likely N-dealkylation sites (N-methyl/N-ethyl adjacent to an activating group) is 1. The van der Waals surface area contributed by atoms with Gasteiger partial charge < -0.3 is 20.5 Å². The summed E-state index contributed by atoms with van der Waals surface area (Å²) in [6, 6.07) is 17.4. The maximum atomic E-state index is 9.76. The largest absolute Gasteiger partial charge is 0.497 e. The Kier molecular flexibility index (Phi) is 4.83. The molecule has 2 aromatic rings. The predicted octanol–water partition coefficient (Wildman–Crippen LogP) is 1.98. The third-order valence-electron chi connectivity index (χ3n) is 3.64. The van der Waals surface area contributed by atoms with Gasteiger partial charge in [-0.1, -0.05) is 36.4 Å². The first kappa shape index (κ1) is 15.4. The molecule has 0 heterocycles. The molecule has 0 saturated carbocycles. The molecular weight excluding hydrogens is 264 g/mol. The molecule has 1 atom stereocenters. The standard InChI is InChI=1S/C17H22N2O2/c1-19(15-9-6-10-16(11-15)21-2)12-17(18,13-20)14-7-4-3-5-8-14/h3-11,20H,12-13,18H2,1-2H3. The van der Waals surface area contributed by atoms with Gasteiger partial charge in [-0.2, -0.15) is 0 Å². The van der Waals surface area contributed by atoms with Crippen LogP contribution in [0.2, 0.25) is 0 Å². The van der Waals surface area contributed by atoms with Crippen LogP contribution in [-0.4, -0.2) is 32.4 Å². The van der Waals surface area contributed by atoms with Crippen LogP contribution in [0.3, 0.4) is 0 Å². The maximum Gasteiger partial charge on any atom is 0.120 e. The van der Waals surface area contributed by atoms with E-state index in [-0.39, 0.29) is 6.61 Å². The van der Waals surface area contributed by atoms with Crippen molar-refractivity contribution in [2.75, 3.05) is 32.2 Å². The number of aliphatic hydroxyl groups is 1. The van der Waals surface area contributed by atoms with Crippen LogP contribution in [0.5, 0.6) is 5.75 Å². The van der Waals surface area contributed by atoms with Gasteiger partial charge in [-0.05, 0) is 17.7 Å².